The third-order valence-electron chi connectivity index (χ3n) is 6.61. The second-order valence-corrected chi connectivity index (χ2v) is 8.88. The van der Waals surface area contributed by atoms with E-state index in [1.54, 1.807) is 43.5 Å². The number of carboxylic acid groups (broad SMARTS) is 1. The molecule has 8 heteroatoms. The van der Waals surface area contributed by atoms with Gasteiger partial charge in [-0.3, -0.25) is 14.6 Å². The highest BCUT2D eigenvalue weighted by molar-refractivity contribution is 6.09. The first-order valence-corrected chi connectivity index (χ1v) is 12.4. The highest BCUT2D eigenvalue weighted by atomic mass is 35.5. The van der Waals surface area contributed by atoms with E-state index in [0.717, 1.165) is 57.0 Å². The van der Waals surface area contributed by atoms with E-state index in [9.17, 15) is 14.7 Å². The van der Waals surface area contributed by atoms with E-state index < -0.39 is 6.09 Å². The van der Waals surface area contributed by atoms with E-state index in [1.807, 2.05) is 36.4 Å². The molecule has 37 heavy (non-hydrogen) atoms. The molecule has 0 unspecified atom stereocenters. The third kappa shape index (κ3) is 7.24. The number of rotatable bonds is 10. The summed E-state index contributed by atoms with van der Waals surface area (Å²) in [6, 6.07) is 24.0. The van der Waals surface area contributed by atoms with Crippen molar-refractivity contribution in [1.82, 2.24) is 4.90 Å². The number of unbranched alkanes of at least 4 members (excludes halogenated alkanes) is 1. The number of methoxy groups -OCH3 is 1. The fourth-order valence-electron chi connectivity index (χ4n) is 4.59. The lowest BCUT2D eigenvalue weighted by Gasteiger charge is -2.36. The maximum atomic E-state index is 12.6. The molecular formula is C29H34ClN3O4. The average Bonchev–Trinajstić information content (AvgIpc) is 2.93. The van der Waals surface area contributed by atoms with E-state index in [1.165, 1.54) is 4.90 Å². The standard InChI is InChI=1S/C29H33N3O4.ClH/c1-36-27-12-6-5-11-26(27)31-21-19-30(20-22-31)17-7-8-18-32(29(34)35)25-15-13-24(14-16-25)28(33)23-9-3-2-4-10-23;/h2-6,9-16H,7-8,17-22H2,1H3,(H,34,35);1H. The summed E-state index contributed by atoms with van der Waals surface area (Å²) < 4.78 is 5.50. The Kier molecular flexibility index (Phi) is 10.4. The minimum absolute atomic E-state index is 0. The monoisotopic (exact) mass is 523 g/mol. The van der Waals surface area contributed by atoms with Crippen molar-refractivity contribution in [1.29, 1.82) is 0 Å². The van der Waals surface area contributed by atoms with Gasteiger partial charge in [0.25, 0.3) is 0 Å². The Morgan fingerprint density at radius 3 is 2.11 bits per heavy atom. The van der Waals surface area contributed by atoms with Crippen molar-refractivity contribution in [2.24, 2.45) is 0 Å². The molecule has 0 radical (unpaired) electrons. The molecule has 1 heterocycles. The van der Waals surface area contributed by atoms with E-state index in [-0.39, 0.29) is 18.2 Å². The van der Waals surface area contributed by atoms with E-state index in [0.29, 0.717) is 23.4 Å². The Morgan fingerprint density at radius 1 is 0.838 bits per heavy atom. The van der Waals surface area contributed by atoms with Gasteiger partial charge in [-0.1, -0.05) is 42.5 Å². The van der Waals surface area contributed by atoms with Crippen LogP contribution in [0, 0.1) is 0 Å². The summed E-state index contributed by atoms with van der Waals surface area (Å²) in [6.07, 6.45) is 0.703. The van der Waals surface area contributed by atoms with Gasteiger partial charge in [-0.15, -0.1) is 12.4 Å². The Hall–Kier alpha value is -3.55. The van der Waals surface area contributed by atoms with Gasteiger partial charge in [0.1, 0.15) is 5.75 Å². The summed E-state index contributed by atoms with van der Waals surface area (Å²) in [6.45, 7) is 5.18. The minimum atomic E-state index is -0.984. The van der Waals surface area contributed by atoms with Crippen molar-refractivity contribution in [3.8, 4) is 5.75 Å². The molecular weight excluding hydrogens is 490 g/mol. The van der Waals surface area contributed by atoms with Crippen LogP contribution in [0.3, 0.4) is 0 Å². The zero-order valence-electron chi connectivity index (χ0n) is 21.1. The van der Waals surface area contributed by atoms with Gasteiger partial charge in [-0.05, 0) is 55.8 Å². The molecule has 3 aromatic rings. The normalized spacial score (nSPS) is 13.5. The van der Waals surface area contributed by atoms with Gasteiger partial charge < -0.3 is 14.7 Å². The van der Waals surface area contributed by atoms with E-state index in [4.69, 9.17) is 4.74 Å². The smallest absolute Gasteiger partial charge is 0.411 e. The highest BCUT2D eigenvalue weighted by Crippen LogP contribution is 2.28. The van der Waals surface area contributed by atoms with Crippen LogP contribution in [-0.4, -0.2) is 68.3 Å². The zero-order chi connectivity index (χ0) is 25.3. The number of piperazine rings is 1. The molecule has 1 saturated heterocycles. The summed E-state index contributed by atoms with van der Waals surface area (Å²) in [5.41, 5.74) is 2.87. The van der Waals surface area contributed by atoms with Crippen molar-refractivity contribution in [3.05, 3.63) is 90.0 Å². The van der Waals surface area contributed by atoms with Crippen LogP contribution < -0.4 is 14.5 Å². The lowest BCUT2D eigenvalue weighted by molar-refractivity contribution is 0.103. The van der Waals surface area contributed by atoms with Gasteiger partial charge in [0.2, 0.25) is 0 Å². The number of hydrogen-bond donors (Lipinski definition) is 1. The lowest BCUT2D eigenvalue weighted by atomic mass is 10.0. The van der Waals surface area contributed by atoms with Gasteiger partial charge in [0.15, 0.2) is 5.78 Å². The van der Waals surface area contributed by atoms with Crippen LogP contribution in [-0.2, 0) is 0 Å². The third-order valence-corrected chi connectivity index (χ3v) is 6.61. The maximum absolute atomic E-state index is 12.6. The number of para-hydroxylation sites is 2. The minimum Gasteiger partial charge on any atom is -0.495 e. The van der Waals surface area contributed by atoms with Crippen LogP contribution >= 0.6 is 12.4 Å². The Bertz CT molecular complexity index is 1150. The number of ketones is 1. The summed E-state index contributed by atoms with van der Waals surface area (Å²) >= 11 is 0. The van der Waals surface area contributed by atoms with Crippen molar-refractivity contribution in [2.45, 2.75) is 12.8 Å². The molecule has 1 aliphatic heterocycles. The van der Waals surface area contributed by atoms with Gasteiger partial charge in [-0.25, -0.2) is 4.79 Å². The number of carbonyl (C=O) groups is 2. The van der Waals surface area contributed by atoms with Crippen LogP contribution in [0.4, 0.5) is 16.2 Å². The molecule has 7 nitrogen and oxygen atoms in total. The molecule has 1 amide bonds. The van der Waals surface area contributed by atoms with Crippen molar-refractivity contribution in [3.63, 3.8) is 0 Å². The maximum Gasteiger partial charge on any atom is 0.411 e. The second kappa shape index (κ2) is 13.7. The Balaban J connectivity index is 0.00000380. The molecule has 1 fully saturated rings. The van der Waals surface area contributed by atoms with Gasteiger partial charge in [0.05, 0.1) is 12.8 Å². The molecule has 4 rings (SSSR count). The number of hydrogen-bond acceptors (Lipinski definition) is 5. The summed E-state index contributed by atoms with van der Waals surface area (Å²) in [5.74, 6) is 0.826. The predicted molar refractivity (Wildman–Crippen MR) is 150 cm³/mol. The molecule has 1 N–H and O–H groups in total. The predicted octanol–water partition coefficient (Wildman–Crippen LogP) is 5.43. The molecule has 3 aromatic carbocycles. The number of halogens is 1. The van der Waals surface area contributed by atoms with Crippen LogP contribution in [0.5, 0.6) is 5.75 Å². The van der Waals surface area contributed by atoms with E-state index >= 15 is 0 Å². The summed E-state index contributed by atoms with van der Waals surface area (Å²) in [7, 11) is 1.70. The van der Waals surface area contributed by atoms with Crippen LogP contribution in [0.15, 0.2) is 78.9 Å². The van der Waals surface area contributed by atoms with E-state index in [2.05, 4.69) is 15.9 Å². The molecule has 0 spiro atoms. The topological polar surface area (TPSA) is 73.3 Å². The first kappa shape index (κ1) is 28.0. The SMILES string of the molecule is COc1ccccc1N1CCN(CCCCN(C(=O)O)c2ccc(C(=O)c3ccccc3)cc2)CC1.Cl. The highest BCUT2D eigenvalue weighted by Gasteiger charge is 2.20. The second-order valence-electron chi connectivity index (χ2n) is 8.88. The molecule has 0 aromatic heterocycles. The molecule has 0 bridgehead atoms. The number of nitrogens with zero attached hydrogens (tertiary/aromatic N) is 3. The largest absolute Gasteiger partial charge is 0.495 e. The van der Waals surface area contributed by atoms with Crippen LogP contribution in [0.1, 0.15) is 28.8 Å². The Morgan fingerprint density at radius 2 is 1.46 bits per heavy atom. The van der Waals surface area contributed by atoms with Gasteiger partial charge >= 0.3 is 6.09 Å². The summed E-state index contributed by atoms with van der Waals surface area (Å²) in [4.78, 5) is 30.6. The molecule has 0 atom stereocenters. The number of ether oxygens (including phenoxy) is 1. The average molecular weight is 524 g/mol. The number of amides is 1. The van der Waals surface area contributed by atoms with Gasteiger partial charge in [-0.2, -0.15) is 0 Å². The fraction of sp³-hybridized carbons (Fsp3) is 0.310. The quantitative estimate of drug-likeness (QED) is 0.282. The summed E-state index contributed by atoms with van der Waals surface area (Å²) in [5, 5.41) is 9.74. The number of carbonyl (C=O) groups excluding carboxylic acids is 1. The molecule has 0 saturated carbocycles. The van der Waals surface area contributed by atoms with Crippen molar-refractivity contribution < 1.29 is 19.4 Å². The molecule has 0 aliphatic carbocycles. The van der Waals surface area contributed by atoms with Gasteiger partial charge in [0, 0.05) is 49.5 Å². The molecule has 196 valence electrons. The number of benzene rings is 3. The Labute approximate surface area is 224 Å². The number of anilines is 2. The first-order valence-electron chi connectivity index (χ1n) is 12.4. The van der Waals surface area contributed by atoms with Crippen LogP contribution in [0.2, 0.25) is 0 Å². The first-order chi connectivity index (χ1) is 17.6. The van der Waals surface area contributed by atoms with Crippen molar-refractivity contribution in [2.75, 3.05) is 56.2 Å². The lowest BCUT2D eigenvalue weighted by Crippen LogP contribution is -2.46. The molecule has 1 aliphatic rings. The van der Waals surface area contributed by atoms with Crippen molar-refractivity contribution >= 4 is 35.7 Å². The fourth-order valence-corrected chi connectivity index (χ4v) is 4.59. The van der Waals surface area contributed by atoms with Crippen LogP contribution in [0.25, 0.3) is 0 Å². The zero-order valence-corrected chi connectivity index (χ0v) is 21.9.